The summed E-state index contributed by atoms with van der Waals surface area (Å²) in [6, 6.07) is 0. The minimum Gasteiger partial charge on any atom is -0.372 e. The largest absolute Gasteiger partial charge is 0.372 e. The Morgan fingerprint density at radius 1 is 1.64 bits per heavy atom. The summed E-state index contributed by atoms with van der Waals surface area (Å²) in [5.41, 5.74) is 0. The van der Waals surface area contributed by atoms with Crippen molar-refractivity contribution in [2.45, 2.75) is 19.8 Å². The maximum absolute atomic E-state index is 11.2. The van der Waals surface area contributed by atoms with Crippen molar-refractivity contribution < 1.29 is 9.53 Å². The van der Waals surface area contributed by atoms with Crippen molar-refractivity contribution in [1.29, 1.82) is 0 Å². The van der Waals surface area contributed by atoms with E-state index in [1.54, 1.807) is 0 Å². The molecule has 1 aliphatic rings. The third kappa shape index (κ3) is 4.58. The summed E-state index contributed by atoms with van der Waals surface area (Å²) in [6.45, 7) is 5.78. The van der Waals surface area contributed by atoms with Gasteiger partial charge in [0.25, 0.3) is 0 Å². The lowest BCUT2D eigenvalue weighted by Crippen LogP contribution is -2.33. The number of carbonyl (C=O) groups excluding carboxylic acids is 1. The molecule has 1 heterocycles. The first kappa shape index (κ1) is 11.5. The lowest BCUT2D eigenvalue weighted by Gasteiger charge is -2.09. The van der Waals surface area contributed by atoms with E-state index in [4.69, 9.17) is 4.74 Å². The molecule has 82 valence electrons. The van der Waals surface area contributed by atoms with E-state index in [9.17, 15) is 4.79 Å². The second-order valence-corrected chi connectivity index (χ2v) is 3.72. The van der Waals surface area contributed by atoms with Crippen LogP contribution in [0.5, 0.6) is 0 Å². The van der Waals surface area contributed by atoms with Gasteiger partial charge in [0.2, 0.25) is 5.91 Å². The van der Waals surface area contributed by atoms with Gasteiger partial charge in [0.05, 0.1) is 0 Å². The van der Waals surface area contributed by atoms with Gasteiger partial charge in [-0.3, -0.25) is 4.79 Å². The molecule has 0 unspecified atom stereocenters. The average Bonchev–Trinajstić information content (AvgIpc) is 2.68. The molecule has 0 radical (unpaired) electrons. The molecule has 14 heavy (non-hydrogen) atoms. The Bertz CT molecular complexity index is 168. The fourth-order valence-corrected chi connectivity index (χ4v) is 1.51. The number of nitrogens with one attached hydrogen (secondary N) is 2. The van der Waals surface area contributed by atoms with E-state index >= 15 is 0 Å². The van der Waals surface area contributed by atoms with E-state index in [2.05, 4.69) is 10.6 Å². The van der Waals surface area contributed by atoms with Crippen LogP contribution < -0.4 is 10.6 Å². The number of ether oxygens (including phenoxy) is 1. The van der Waals surface area contributed by atoms with Crippen LogP contribution in [0.1, 0.15) is 19.8 Å². The number of carbonyl (C=O) groups is 1. The van der Waals surface area contributed by atoms with E-state index < -0.39 is 0 Å². The van der Waals surface area contributed by atoms with E-state index in [1.165, 1.54) is 0 Å². The van der Waals surface area contributed by atoms with Crippen LogP contribution in [0.15, 0.2) is 0 Å². The molecule has 4 nitrogen and oxygen atoms in total. The second kappa shape index (κ2) is 6.79. The summed E-state index contributed by atoms with van der Waals surface area (Å²) < 4.78 is 5.13. The molecule has 0 saturated carbocycles. The lowest BCUT2D eigenvalue weighted by atomic mass is 10.1. The standard InChI is InChI=1S/C10H20N2O2/c1-2-5-14-8-10(13)12-7-9-3-4-11-6-9/h9,11H,2-8H2,1H3,(H,12,13)/t9-/m1/s1. The smallest absolute Gasteiger partial charge is 0.246 e. The van der Waals surface area contributed by atoms with Crippen molar-refractivity contribution in [2.75, 3.05) is 32.8 Å². The van der Waals surface area contributed by atoms with Crippen LogP contribution in [-0.4, -0.2) is 38.8 Å². The Hall–Kier alpha value is -0.610. The van der Waals surface area contributed by atoms with E-state index in [0.717, 1.165) is 32.5 Å². The zero-order valence-electron chi connectivity index (χ0n) is 8.84. The predicted molar refractivity (Wildman–Crippen MR) is 55.1 cm³/mol. The molecule has 0 spiro atoms. The lowest BCUT2D eigenvalue weighted by molar-refractivity contribution is -0.125. The Kier molecular flexibility index (Phi) is 5.56. The first-order valence-electron chi connectivity index (χ1n) is 5.38. The molecule has 0 aromatic carbocycles. The number of hydrogen-bond donors (Lipinski definition) is 2. The quantitative estimate of drug-likeness (QED) is 0.600. The van der Waals surface area contributed by atoms with Crippen LogP contribution in [0.4, 0.5) is 0 Å². The molecule has 4 heteroatoms. The topological polar surface area (TPSA) is 50.4 Å². The van der Waals surface area contributed by atoms with Gasteiger partial charge in [0.15, 0.2) is 0 Å². The predicted octanol–water partition coefficient (Wildman–Crippen LogP) is 0.139. The summed E-state index contributed by atoms with van der Waals surface area (Å²) in [4.78, 5) is 11.2. The number of rotatable bonds is 6. The molecule has 1 atom stereocenters. The third-order valence-corrected chi connectivity index (χ3v) is 2.33. The van der Waals surface area contributed by atoms with Crippen LogP contribution in [0.25, 0.3) is 0 Å². The maximum atomic E-state index is 11.2. The van der Waals surface area contributed by atoms with Gasteiger partial charge in [-0.1, -0.05) is 6.92 Å². The molecule has 1 amide bonds. The van der Waals surface area contributed by atoms with Crippen molar-refractivity contribution in [3.05, 3.63) is 0 Å². The van der Waals surface area contributed by atoms with Gasteiger partial charge in [-0.15, -0.1) is 0 Å². The van der Waals surface area contributed by atoms with Crippen LogP contribution in [0.2, 0.25) is 0 Å². The summed E-state index contributed by atoms with van der Waals surface area (Å²) in [5.74, 6) is 0.607. The van der Waals surface area contributed by atoms with Crippen molar-refractivity contribution in [1.82, 2.24) is 10.6 Å². The third-order valence-electron chi connectivity index (χ3n) is 2.33. The van der Waals surface area contributed by atoms with Crippen molar-refractivity contribution in [3.8, 4) is 0 Å². The summed E-state index contributed by atoms with van der Waals surface area (Å²) in [7, 11) is 0. The Balaban J connectivity index is 1.96. The first-order valence-corrected chi connectivity index (χ1v) is 5.38. The number of amides is 1. The fraction of sp³-hybridized carbons (Fsp3) is 0.900. The summed E-state index contributed by atoms with van der Waals surface area (Å²) in [6.07, 6.45) is 2.12. The fourth-order valence-electron chi connectivity index (χ4n) is 1.51. The SMILES string of the molecule is CCCOCC(=O)NC[C@@H]1CCNC1. The highest BCUT2D eigenvalue weighted by Crippen LogP contribution is 2.04. The van der Waals surface area contributed by atoms with Crippen molar-refractivity contribution >= 4 is 5.91 Å². The zero-order chi connectivity index (χ0) is 10.2. The minimum atomic E-state index is 0.00495. The van der Waals surface area contributed by atoms with E-state index in [-0.39, 0.29) is 12.5 Å². The molecule has 2 N–H and O–H groups in total. The molecule has 0 aromatic heterocycles. The van der Waals surface area contributed by atoms with Crippen LogP contribution in [0, 0.1) is 5.92 Å². The molecule has 0 bridgehead atoms. The zero-order valence-corrected chi connectivity index (χ0v) is 8.84. The summed E-state index contributed by atoms with van der Waals surface area (Å²) in [5, 5.41) is 6.15. The van der Waals surface area contributed by atoms with Gasteiger partial charge >= 0.3 is 0 Å². The van der Waals surface area contributed by atoms with Crippen LogP contribution in [-0.2, 0) is 9.53 Å². The van der Waals surface area contributed by atoms with Gasteiger partial charge in [0, 0.05) is 13.2 Å². The maximum Gasteiger partial charge on any atom is 0.246 e. The van der Waals surface area contributed by atoms with Gasteiger partial charge in [-0.2, -0.15) is 0 Å². The molecule has 1 rings (SSSR count). The Morgan fingerprint density at radius 3 is 3.14 bits per heavy atom. The van der Waals surface area contributed by atoms with Gasteiger partial charge < -0.3 is 15.4 Å². The van der Waals surface area contributed by atoms with E-state index in [1.807, 2.05) is 6.92 Å². The Labute approximate surface area is 85.4 Å². The van der Waals surface area contributed by atoms with Crippen LogP contribution in [0.3, 0.4) is 0 Å². The van der Waals surface area contributed by atoms with E-state index in [0.29, 0.717) is 12.5 Å². The van der Waals surface area contributed by atoms with Crippen molar-refractivity contribution in [3.63, 3.8) is 0 Å². The molecule has 1 saturated heterocycles. The molecule has 0 aliphatic carbocycles. The highest BCUT2D eigenvalue weighted by Gasteiger charge is 2.14. The second-order valence-electron chi connectivity index (χ2n) is 3.72. The number of hydrogen-bond acceptors (Lipinski definition) is 3. The van der Waals surface area contributed by atoms with Crippen molar-refractivity contribution in [2.24, 2.45) is 5.92 Å². The van der Waals surface area contributed by atoms with Gasteiger partial charge in [0.1, 0.15) is 6.61 Å². The molecule has 1 aliphatic heterocycles. The molecule has 0 aromatic rings. The monoisotopic (exact) mass is 200 g/mol. The van der Waals surface area contributed by atoms with Crippen LogP contribution >= 0.6 is 0 Å². The summed E-state index contributed by atoms with van der Waals surface area (Å²) >= 11 is 0. The van der Waals surface area contributed by atoms with Gasteiger partial charge in [-0.25, -0.2) is 0 Å². The minimum absolute atomic E-state index is 0.00495. The Morgan fingerprint density at radius 2 is 2.50 bits per heavy atom. The first-order chi connectivity index (χ1) is 6.83. The highest BCUT2D eigenvalue weighted by molar-refractivity contribution is 5.77. The molecule has 1 fully saturated rings. The average molecular weight is 200 g/mol. The molecular formula is C10H20N2O2. The normalized spacial score (nSPS) is 21.1. The highest BCUT2D eigenvalue weighted by atomic mass is 16.5. The van der Waals surface area contributed by atoms with Gasteiger partial charge in [-0.05, 0) is 31.8 Å². The molecular weight excluding hydrogens is 180 g/mol.